The first-order chi connectivity index (χ1) is 12.2. The number of hydrogen-bond donors (Lipinski definition) is 2. The minimum absolute atomic E-state index is 0.0588. The van der Waals surface area contributed by atoms with Crippen molar-refractivity contribution in [2.24, 2.45) is 34.0 Å². The lowest BCUT2D eigenvalue weighted by atomic mass is 9.43. The van der Waals surface area contributed by atoms with Gasteiger partial charge in [0.05, 0.1) is 25.4 Å². The van der Waals surface area contributed by atoms with Crippen LogP contribution < -0.4 is 0 Å². The Kier molecular flexibility index (Phi) is 4.21. The molecule has 2 N–H and O–H groups in total. The summed E-state index contributed by atoms with van der Waals surface area (Å²) in [5.74, 6) is 0.0278. The van der Waals surface area contributed by atoms with Crippen molar-refractivity contribution in [2.75, 3.05) is 13.2 Å². The topological polar surface area (TPSA) is 58.9 Å². The Labute approximate surface area is 158 Å². The zero-order chi connectivity index (χ0) is 19.0. The van der Waals surface area contributed by atoms with Gasteiger partial charge in [-0.25, -0.2) is 0 Å². The maximum Gasteiger partial charge on any atom is 0.172 e. The van der Waals surface area contributed by atoms with Crippen LogP contribution in [-0.2, 0) is 9.47 Å². The Morgan fingerprint density at radius 3 is 2.31 bits per heavy atom. The number of rotatable bonds is 1. The highest BCUT2D eigenvalue weighted by molar-refractivity contribution is 5.20. The van der Waals surface area contributed by atoms with Crippen LogP contribution in [0.15, 0.2) is 12.7 Å². The minimum atomic E-state index is -0.583. The Bertz CT molecular complexity index is 585. The third kappa shape index (κ3) is 2.10. The van der Waals surface area contributed by atoms with Gasteiger partial charge in [-0.05, 0) is 42.9 Å². The first-order valence-electron chi connectivity index (χ1n) is 10.4. The van der Waals surface area contributed by atoms with Crippen molar-refractivity contribution < 1.29 is 19.7 Å². The van der Waals surface area contributed by atoms with E-state index < -0.39 is 23.4 Å². The molecule has 26 heavy (non-hydrogen) atoms. The van der Waals surface area contributed by atoms with Gasteiger partial charge in [-0.15, -0.1) is 6.58 Å². The lowest BCUT2D eigenvalue weighted by Crippen LogP contribution is -2.65. The van der Waals surface area contributed by atoms with Crippen molar-refractivity contribution >= 4 is 0 Å². The lowest BCUT2D eigenvalue weighted by Gasteiger charge is -2.63. The maximum absolute atomic E-state index is 11.5. The molecule has 1 heterocycles. The lowest BCUT2D eigenvalue weighted by molar-refractivity contribution is -0.281. The fraction of sp³-hybridized carbons (Fsp3) is 0.909. The standard InChI is InChI=1S/C22H36O4/c1-6-19(4)13-16(23)20(5)14(2)7-8-21(15(3)17(19)24)9-10-22(18(20)21)25-11-12-26-22/h6,14-18,23-24H,1,7-13H2,2-5H3/t14-,15+,16-,17-,18+,19+,20+,21+/m1/s1. The molecule has 0 aromatic carbocycles. The molecule has 4 heteroatoms. The van der Waals surface area contributed by atoms with Crippen molar-refractivity contribution in [1.82, 2.24) is 0 Å². The summed E-state index contributed by atoms with van der Waals surface area (Å²) in [4.78, 5) is 0. The van der Waals surface area contributed by atoms with Gasteiger partial charge in [-0.3, -0.25) is 0 Å². The average Bonchev–Trinajstić information content (AvgIpc) is 3.23. The van der Waals surface area contributed by atoms with Crippen LogP contribution in [0.5, 0.6) is 0 Å². The molecule has 0 aromatic rings. The van der Waals surface area contributed by atoms with Gasteiger partial charge in [-0.2, -0.15) is 0 Å². The molecule has 1 saturated heterocycles. The summed E-state index contributed by atoms with van der Waals surface area (Å²) < 4.78 is 12.6. The van der Waals surface area contributed by atoms with E-state index in [0.717, 1.165) is 25.7 Å². The molecule has 1 spiro atoms. The second-order valence-electron chi connectivity index (χ2n) is 10.1. The van der Waals surface area contributed by atoms with Crippen LogP contribution in [0.25, 0.3) is 0 Å². The van der Waals surface area contributed by atoms with E-state index in [0.29, 0.717) is 25.6 Å². The third-order valence-electron chi connectivity index (χ3n) is 9.33. The van der Waals surface area contributed by atoms with E-state index in [-0.39, 0.29) is 22.7 Å². The summed E-state index contributed by atoms with van der Waals surface area (Å²) in [7, 11) is 0. The van der Waals surface area contributed by atoms with Crippen molar-refractivity contribution in [3.8, 4) is 0 Å². The fourth-order valence-corrected chi connectivity index (χ4v) is 7.44. The zero-order valence-electron chi connectivity index (χ0n) is 16.8. The molecule has 1 aliphatic heterocycles. The van der Waals surface area contributed by atoms with Gasteiger partial charge >= 0.3 is 0 Å². The highest BCUT2D eigenvalue weighted by Gasteiger charge is 2.73. The van der Waals surface area contributed by atoms with Crippen LogP contribution in [0.3, 0.4) is 0 Å². The van der Waals surface area contributed by atoms with E-state index in [4.69, 9.17) is 9.47 Å². The highest BCUT2D eigenvalue weighted by Crippen LogP contribution is 2.72. The van der Waals surface area contributed by atoms with Crippen molar-refractivity contribution in [1.29, 1.82) is 0 Å². The van der Waals surface area contributed by atoms with Crippen LogP contribution in [-0.4, -0.2) is 41.4 Å². The summed E-state index contributed by atoms with van der Waals surface area (Å²) in [6.45, 7) is 14.1. The smallest absolute Gasteiger partial charge is 0.172 e. The molecule has 2 bridgehead atoms. The van der Waals surface area contributed by atoms with Crippen LogP contribution in [0.1, 0.15) is 59.8 Å². The molecular formula is C22H36O4. The van der Waals surface area contributed by atoms with Crippen LogP contribution in [0.4, 0.5) is 0 Å². The Hall–Kier alpha value is -0.420. The van der Waals surface area contributed by atoms with Gasteiger partial charge in [0.15, 0.2) is 5.79 Å². The molecule has 3 aliphatic carbocycles. The maximum atomic E-state index is 11.5. The second kappa shape index (κ2) is 5.79. The van der Waals surface area contributed by atoms with E-state index in [1.807, 2.05) is 6.08 Å². The van der Waals surface area contributed by atoms with Gasteiger partial charge in [0.2, 0.25) is 0 Å². The first-order valence-corrected chi connectivity index (χ1v) is 10.4. The van der Waals surface area contributed by atoms with Crippen LogP contribution in [0, 0.1) is 34.0 Å². The summed E-state index contributed by atoms with van der Waals surface area (Å²) in [6, 6.07) is 0. The average molecular weight is 365 g/mol. The summed E-state index contributed by atoms with van der Waals surface area (Å²) >= 11 is 0. The molecule has 8 atom stereocenters. The van der Waals surface area contributed by atoms with Gasteiger partial charge in [0.25, 0.3) is 0 Å². The summed E-state index contributed by atoms with van der Waals surface area (Å²) in [5.41, 5.74) is -0.837. The molecule has 0 aromatic heterocycles. The predicted octanol–water partition coefficient (Wildman–Crippen LogP) is 3.52. The van der Waals surface area contributed by atoms with Crippen LogP contribution in [0.2, 0.25) is 0 Å². The van der Waals surface area contributed by atoms with E-state index in [1.54, 1.807) is 0 Å². The summed E-state index contributed by atoms with van der Waals surface area (Å²) in [5, 5.41) is 22.9. The van der Waals surface area contributed by atoms with E-state index in [9.17, 15) is 10.2 Å². The van der Waals surface area contributed by atoms with Gasteiger partial charge in [0, 0.05) is 23.2 Å². The molecule has 4 nitrogen and oxygen atoms in total. The quantitative estimate of drug-likeness (QED) is 0.699. The van der Waals surface area contributed by atoms with Gasteiger partial charge in [0.1, 0.15) is 0 Å². The van der Waals surface area contributed by atoms with E-state index in [1.165, 1.54) is 0 Å². The molecule has 148 valence electrons. The minimum Gasteiger partial charge on any atom is -0.393 e. The van der Waals surface area contributed by atoms with Crippen molar-refractivity contribution in [3.63, 3.8) is 0 Å². The fourth-order valence-electron chi connectivity index (χ4n) is 7.44. The molecule has 0 radical (unpaired) electrons. The Morgan fingerprint density at radius 1 is 1.04 bits per heavy atom. The zero-order valence-corrected chi connectivity index (χ0v) is 16.8. The number of aliphatic hydroxyl groups is 2. The Morgan fingerprint density at radius 2 is 1.69 bits per heavy atom. The monoisotopic (exact) mass is 364 g/mol. The largest absolute Gasteiger partial charge is 0.393 e. The third-order valence-corrected chi connectivity index (χ3v) is 9.33. The SMILES string of the molecule is C=C[C@@]1(C)C[C@@H](O)[C@]2(C)[C@H](C)CC[C@]3(CCC4(OCCO4)[C@H]32)[C@@H](C)[C@H]1O. The molecule has 4 rings (SSSR count). The molecular weight excluding hydrogens is 328 g/mol. The highest BCUT2D eigenvalue weighted by atomic mass is 16.7. The van der Waals surface area contributed by atoms with Gasteiger partial charge < -0.3 is 19.7 Å². The van der Waals surface area contributed by atoms with Crippen molar-refractivity contribution in [3.05, 3.63) is 12.7 Å². The molecule has 0 unspecified atom stereocenters. The van der Waals surface area contributed by atoms with Crippen molar-refractivity contribution in [2.45, 2.75) is 77.8 Å². The predicted molar refractivity (Wildman–Crippen MR) is 100 cm³/mol. The normalized spacial score (nSPS) is 56.0. The molecule has 4 fully saturated rings. The van der Waals surface area contributed by atoms with E-state index in [2.05, 4.69) is 34.3 Å². The van der Waals surface area contributed by atoms with Crippen LogP contribution >= 0.6 is 0 Å². The molecule has 0 amide bonds. The number of ether oxygens (including phenoxy) is 2. The molecule has 3 saturated carbocycles. The second-order valence-corrected chi connectivity index (χ2v) is 10.1. The number of aliphatic hydroxyl groups excluding tert-OH is 2. The summed E-state index contributed by atoms with van der Waals surface area (Å²) in [6.07, 6.45) is 5.38. The Balaban J connectivity index is 1.92. The number of hydrogen-bond acceptors (Lipinski definition) is 4. The molecule has 4 aliphatic rings. The van der Waals surface area contributed by atoms with Gasteiger partial charge in [-0.1, -0.05) is 33.8 Å². The van der Waals surface area contributed by atoms with E-state index >= 15 is 0 Å². The first kappa shape index (κ1) is 18.9.